The Balaban J connectivity index is 1.29. The fourth-order valence-corrected chi connectivity index (χ4v) is 4.54. The molecule has 3 aromatic rings. The summed E-state index contributed by atoms with van der Waals surface area (Å²) in [4.78, 5) is 42.2. The van der Waals surface area contributed by atoms with E-state index in [2.05, 4.69) is 5.32 Å². The van der Waals surface area contributed by atoms with Gasteiger partial charge in [0.05, 0.1) is 11.3 Å². The molecule has 7 heteroatoms. The van der Waals surface area contributed by atoms with Crippen molar-refractivity contribution in [1.82, 2.24) is 14.8 Å². The van der Waals surface area contributed by atoms with Gasteiger partial charge in [-0.15, -0.1) is 0 Å². The Bertz CT molecular complexity index is 1170. The summed E-state index contributed by atoms with van der Waals surface area (Å²) < 4.78 is 2.01. The summed E-state index contributed by atoms with van der Waals surface area (Å²) >= 11 is 0. The van der Waals surface area contributed by atoms with Gasteiger partial charge in [0, 0.05) is 49.6 Å². The van der Waals surface area contributed by atoms with Gasteiger partial charge in [-0.3, -0.25) is 19.3 Å². The lowest BCUT2D eigenvalue weighted by atomic mass is 10.0. The fraction of sp³-hybridized carbons (Fsp3) is 0.240. The molecule has 1 N–H and O–H groups in total. The molecule has 0 saturated carbocycles. The van der Waals surface area contributed by atoms with Gasteiger partial charge in [0.15, 0.2) is 0 Å². The van der Waals surface area contributed by atoms with E-state index in [1.165, 1.54) is 0 Å². The number of carbonyl (C=O) groups excluding carboxylic acids is 3. The monoisotopic (exact) mass is 428 g/mol. The molecule has 0 saturated heterocycles. The SMILES string of the molecule is O=C(CCCN1C(=O)c2ccccc2N2C(=O)c3ccccc3[C@@H]12)NCCn1cccc1. The van der Waals surface area contributed by atoms with Crippen LogP contribution in [0.3, 0.4) is 0 Å². The molecule has 3 amide bonds. The number of nitrogens with one attached hydrogen (secondary N) is 1. The van der Waals surface area contributed by atoms with Gasteiger partial charge in [-0.25, -0.2) is 0 Å². The third-order valence-corrected chi connectivity index (χ3v) is 6.04. The molecule has 162 valence electrons. The highest BCUT2D eigenvalue weighted by Crippen LogP contribution is 2.45. The molecule has 5 rings (SSSR count). The van der Waals surface area contributed by atoms with Crippen LogP contribution < -0.4 is 10.2 Å². The van der Waals surface area contributed by atoms with Crippen LogP contribution in [0, 0.1) is 0 Å². The molecule has 0 spiro atoms. The van der Waals surface area contributed by atoms with Crippen LogP contribution >= 0.6 is 0 Å². The molecule has 32 heavy (non-hydrogen) atoms. The van der Waals surface area contributed by atoms with E-state index in [4.69, 9.17) is 0 Å². The largest absolute Gasteiger partial charge is 0.354 e. The van der Waals surface area contributed by atoms with E-state index in [0.29, 0.717) is 42.7 Å². The lowest BCUT2D eigenvalue weighted by Crippen LogP contribution is -2.48. The minimum Gasteiger partial charge on any atom is -0.354 e. The summed E-state index contributed by atoms with van der Waals surface area (Å²) in [5.41, 5.74) is 2.61. The van der Waals surface area contributed by atoms with Gasteiger partial charge in [-0.2, -0.15) is 0 Å². The summed E-state index contributed by atoms with van der Waals surface area (Å²) in [6.07, 6.45) is 4.28. The Morgan fingerprint density at radius 2 is 1.56 bits per heavy atom. The molecule has 2 aromatic carbocycles. The molecule has 2 aliphatic heterocycles. The number of amides is 3. The van der Waals surface area contributed by atoms with E-state index in [-0.39, 0.29) is 17.7 Å². The van der Waals surface area contributed by atoms with E-state index in [1.807, 2.05) is 59.4 Å². The number of benzene rings is 2. The third-order valence-electron chi connectivity index (χ3n) is 6.04. The Kier molecular flexibility index (Phi) is 5.23. The number of carbonyl (C=O) groups is 3. The van der Waals surface area contributed by atoms with Crippen LogP contribution in [0.25, 0.3) is 0 Å². The minimum atomic E-state index is -0.474. The van der Waals surface area contributed by atoms with Crippen molar-refractivity contribution in [2.45, 2.75) is 25.6 Å². The number of fused-ring (bicyclic) bond motifs is 5. The second-order valence-corrected chi connectivity index (χ2v) is 8.03. The molecule has 0 aliphatic carbocycles. The van der Waals surface area contributed by atoms with E-state index in [1.54, 1.807) is 28.0 Å². The van der Waals surface area contributed by atoms with E-state index < -0.39 is 6.17 Å². The normalized spacial score (nSPS) is 16.6. The summed E-state index contributed by atoms with van der Waals surface area (Å²) in [6, 6.07) is 18.6. The van der Waals surface area contributed by atoms with Gasteiger partial charge in [0.25, 0.3) is 11.8 Å². The third kappa shape index (κ3) is 3.45. The first-order chi connectivity index (χ1) is 15.6. The molecule has 0 bridgehead atoms. The maximum atomic E-state index is 13.3. The fourth-order valence-electron chi connectivity index (χ4n) is 4.54. The smallest absolute Gasteiger partial charge is 0.260 e. The number of para-hydroxylation sites is 1. The predicted octanol–water partition coefficient (Wildman–Crippen LogP) is 3.20. The zero-order valence-corrected chi connectivity index (χ0v) is 17.6. The molecule has 3 heterocycles. The Morgan fingerprint density at radius 3 is 2.38 bits per heavy atom. The van der Waals surface area contributed by atoms with Crippen LogP contribution in [-0.4, -0.2) is 40.3 Å². The Hall–Kier alpha value is -3.87. The van der Waals surface area contributed by atoms with Crippen molar-refractivity contribution < 1.29 is 14.4 Å². The van der Waals surface area contributed by atoms with Gasteiger partial charge in [-0.1, -0.05) is 30.3 Å². The topological polar surface area (TPSA) is 74.7 Å². The van der Waals surface area contributed by atoms with Crippen LogP contribution in [0.15, 0.2) is 73.1 Å². The van der Waals surface area contributed by atoms with Crippen molar-refractivity contribution >= 4 is 23.4 Å². The first kappa shape index (κ1) is 20.1. The van der Waals surface area contributed by atoms with Gasteiger partial charge in [0.2, 0.25) is 5.91 Å². The Morgan fingerprint density at radius 1 is 0.844 bits per heavy atom. The van der Waals surface area contributed by atoms with Crippen molar-refractivity contribution in [3.63, 3.8) is 0 Å². The molecule has 1 atom stereocenters. The summed E-state index contributed by atoms with van der Waals surface area (Å²) in [6.45, 7) is 1.67. The van der Waals surface area contributed by atoms with Crippen molar-refractivity contribution in [3.05, 3.63) is 89.7 Å². The first-order valence-electron chi connectivity index (χ1n) is 10.8. The van der Waals surface area contributed by atoms with Crippen molar-refractivity contribution in [1.29, 1.82) is 0 Å². The molecular formula is C25H24N4O3. The maximum absolute atomic E-state index is 13.3. The van der Waals surface area contributed by atoms with Crippen LogP contribution in [0.4, 0.5) is 5.69 Å². The van der Waals surface area contributed by atoms with Gasteiger partial charge >= 0.3 is 0 Å². The highest BCUT2D eigenvalue weighted by Gasteiger charge is 2.47. The molecule has 2 aliphatic rings. The maximum Gasteiger partial charge on any atom is 0.260 e. The quantitative estimate of drug-likeness (QED) is 0.628. The average Bonchev–Trinajstić information content (AvgIpc) is 3.43. The van der Waals surface area contributed by atoms with Gasteiger partial charge < -0.3 is 14.8 Å². The van der Waals surface area contributed by atoms with Crippen LogP contribution in [0.1, 0.15) is 45.3 Å². The zero-order valence-electron chi connectivity index (χ0n) is 17.6. The second-order valence-electron chi connectivity index (χ2n) is 8.03. The molecule has 0 unspecified atom stereocenters. The average molecular weight is 428 g/mol. The number of rotatable bonds is 7. The van der Waals surface area contributed by atoms with E-state index in [9.17, 15) is 14.4 Å². The van der Waals surface area contributed by atoms with Crippen LogP contribution in [-0.2, 0) is 11.3 Å². The molecule has 1 aromatic heterocycles. The van der Waals surface area contributed by atoms with Crippen molar-refractivity contribution in [2.75, 3.05) is 18.0 Å². The number of aromatic nitrogens is 1. The highest BCUT2D eigenvalue weighted by molar-refractivity contribution is 6.16. The molecule has 7 nitrogen and oxygen atoms in total. The minimum absolute atomic E-state index is 0.0400. The van der Waals surface area contributed by atoms with Crippen molar-refractivity contribution in [2.24, 2.45) is 0 Å². The molecular weight excluding hydrogens is 404 g/mol. The van der Waals surface area contributed by atoms with Gasteiger partial charge in [-0.05, 0) is 36.8 Å². The van der Waals surface area contributed by atoms with E-state index >= 15 is 0 Å². The summed E-state index contributed by atoms with van der Waals surface area (Å²) in [5, 5.41) is 2.93. The second kappa shape index (κ2) is 8.34. The zero-order chi connectivity index (χ0) is 22.1. The Labute approximate surface area is 186 Å². The number of anilines is 1. The van der Waals surface area contributed by atoms with Crippen LogP contribution in [0.5, 0.6) is 0 Å². The number of nitrogens with zero attached hydrogens (tertiary/aromatic N) is 3. The molecule has 0 radical (unpaired) electrons. The summed E-state index contributed by atoms with van der Waals surface area (Å²) in [5.74, 6) is -0.251. The lowest BCUT2D eigenvalue weighted by Gasteiger charge is -2.41. The lowest BCUT2D eigenvalue weighted by molar-refractivity contribution is -0.121. The number of hydrogen-bond acceptors (Lipinski definition) is 3. The summed E-state index contributed by atoms with van der Waals surface area (Å²) in [7, 11) is 0. The highest BCUT2D eigenvalue weighted by atomic mass is 16.2. The first-order valence-corrected chi connectivity index (χ1v) is 10.8. The number of hydrogen-bond donors (Lipinski definition) is 1. The molecule has 0 fully saturated rings. The van der Waals surface area contributed by atoms with Crippen molar-refractivity contribution in [3.8, 4) is 0 Å². The van der Waals surface area contributed by atoms with Crippen LogP contribution in [0.2, 0.25) is 0 Å². The van der Waals surface area contributed by atoms with E-state index in [0.717, 1.165) is 12.1 Å². The standard InChI is InChI=1S/C25H24N4O3/c30-22(26-13-17-27-14-5-6-15-27)12-7-16-28-23-18-8-1-2-9-19(18)25(32)29(23)21-11-4-3-10-20(21)24(28)31/h1-6,8-11,14-15,23H,7,12-13,16-17H2,(H,26,30)/t23-/m0/s1. The van der Waals surface area contributed by atoms with Gasteiger partial charge in [0.1, 0.15) is 6.17 Å². The predicted molar refractivity (Wildman–Crippen MR) is 120 cm³/mol.